The van der Waals surface area contributed by atoms with Crippen molar-refractivity contribution < 1.29 is 19.1 Å². The topological polar surface area (TPSA) is 79.9 Å². The van der Waals surface area contributed by atoms with Crippen molar-refractivity contribution in [3.05, 3.63) is 23.8 Å². The smallest absolute Gasteiger partial charge is 0.321 e. The van der Waals surface area contributed by atoms with Crippen molar-refractivity contribution >= 4 is 11.9 Å². The predicted molar refractivity (Wildman–Crippen MR) is 102 cm³/mol. The molecule has 0 fully saturated rings. The fourth-order valence-corrected chi connectivity index (χ4v) is 2.30. The van der Waals surface area contributed by atoms with Gasteiger partial charge in [-0.2, -0.15) is 0 Å². The number of rotatable bonds is 7. The Kier molecular flexibility index (Phi) is 7.89. The predicted octanol–water partition coefficient (Wildman–Crippen LogP) is 2.54. The molecule has 1 aromatic carbocycles. The van der Waals surface area contributed by atoms with Crippen LogP contribution in [0.2, 0.25) is 0 Å². The van der Waals surface area contributed by atoms with Crippen molar-refractivity contribution in [3.63, 3.8) is 0 Å². The van der Waals surface area contributed by atoms with Gasteiger partial charge in [-0.3, -0.25) is 15.0 Å². The molecule has 0 heterocycles. The van der Waals surface area contributed by atoms with E-state index in [0.29, 0.717) is 24.7 Å². The maximum absolute atomic E-state index is 12.3. The van der Waals surface area contributed by atoms with Crippen molar-refractivity contribution in [2.45, 2.75) is 52.7 Å². The van der Waals surface area contributed by atoms with Crippen molar-refractivity contribution in [1.82, 2.24) is 15.5 Å². The number of nitrogens with one attached hydrogen (secondary N) is 2. The number of ether oxygens (including phenoxy) is 2. The summed E-state index contributed by atoms with van der Waals surface area (Å²) in [6.07, 6.45) is 0. The number of nitrogens with zero attached hydrogens (tertiary/aromatic N) is 1. The van der Waals surface area contributed by atoms with Crippen molar-refractivity contribution in [2.24, 2.45) is 0 Å². The number of urea groups is 1. The highest BCUT2D eigenvalue weighted by Gasteiger charge is 2.22. The van der Waals surface area contributed by atoms with Crippen LogP contribution in [0.15, 0.2) is 18.2 Å². The van der Waals surface area contributed by atoms with Gasteiger partial charge in [0.25, 0.3) is 0 Å². The number of imide groups is 1. The van der Waals surface area contributed by atoms with Gasteiger partial charge in [-0.1, -0.05) is 6.07 Å². The normalized spacial score (nSPS) is 12.5. The molecule has 0 aromatic heterocycles. The molecule has 26 heavy (non-hydrogen) atoms. The van der Waals surface area contributed by atoms with Gasteiger partial charge in [0.1, 0.15) is 0 Å². The lowest BCUT2D eigenvalue weighted by molar-refractivity contribution is -0.124. The quantitative estimate of drug-likeness (QED) is 0.776. The van der Waals surface area contributed by atoms with E-state index in [4.69, 9.17) is 9.47 Å². The highest BCUT2D eigenvalue weighted by Crippen LogP contribution is 2.28. The summed E-state index contributed by atoms with van der Waals surface area (Å²) >= 11 is 0. The Bertz CT molecular complexity index is 626. The van der Waals surface area contributed by atoms with E-state index in [2.05, 4.69) is 10.6 Å². The second kappa shape index (κ2) is 9.43. The minimum Gasteiger partial charge on any atom is -0.493 e. The molecule has 2 N–H and O–H groups in total. The van der Waals surface area contributed by atoms with Crippen molar-refractivity contribution in [3.8, 4) is 11.5 Å². The van der Waals surface area contributed by atoms with Crippen LogP contribution >= 0.6 is 0 Å². The van der Waals surface area contributed by atoms with E-state index in [-0.39, 0.29) is 5.91 Å². The summed E-state index contributed by atoms with van der Waals surface area (Å²) in [5.74, 6) is 0.984. The fraction of sp³-hybridized carbons (Fsp3) is 0.579. The summed E-state index contributed by atoms with van der Waals surface area (Å²) in [7, 11) is 3.42. The molecule has 0 bridgehead atoms. The van der Waals surface area contributed by atoms with Crippen molar-refractivity contribution in [2.75, 3.05) is 20.8 Å². The Morgan fingerprint density at radius 2 is 1.88 bits per heavy atom. The Balaban J connectivity index is 2.70. The van der Waals surface area contributed by atoms with Gasteiger partial charge in [-0.15, -0.1) is 0 Å². The molecule has 146 valence electrons. The SMILES string of the molecule is CCOc1ccc(CN(C)[C@H](C)C(=O)NC(=O)NC(C)(C)C)cc1OC. The van der Waals surface area contributed by atoms with E-state index in [1.54, 1.807) is 14.0 Å². The summed E-state index contributed by atoms with van der Waals surface area (Å²) in [6.45, 7) is 10.3. The third kappa shape index (κ3) is 6.92. The molecule has 7 heteroatoms. The van der Waals surface area contributed by atoms with E-state index in [1.165, 1.54) is 0 Å². The first-order valence-corrected chi connectivity index (χ1v) is 8.70. The molecule has 0 aliphatic rings. The maximum atomic E-state index is 12.3. The van der Waals surface area contributed by atoms with Crippen LogP contribution < -0.4 is 20.1 Å². The number of likely N-dealkylation sites (N-methyl/N-ethyl adjacent to an activating group) is 1. The van der Waals surface area contributed by atoms with Crippen LogP contribution in [-0.4, -0.2) is 49.2 Å². The number of carbonyl (C=O) groups excluding carboxylic acids is 2. The van der Waals surface area contributed by atoms with Gasteiger partial charge < -0.3 is 14.8 Å². The molecule has 0 saturated heterocycles. The molecule has 0 radical (unpaired) electrons. The highest BCUT2D eigenvalue weighted by atomic mass is 16.5. The van der Waals surface area contributed by atoms with E-state index in [0.717, 1.165) is 5.56 Å². The highest BCUT2D eigenvalue weighted by molar-refractivity contribution is 5.97. The maximum Gasteiger partial charge on any atom is 0.321 e. The second-order valence-electron chi connectivity index (χ2n) is 7.20. The van der Waals surface area contributed by atoms with E-state index in [9.17, 15) is 9.59 Å². The standard InChI is InChI=1S/C19H31N3O4/c1-8-26-15-10-9-14(11-16(15)25-7)12-22(6)13(2)17(23)20-18(24)21-19(3,4)5/h9-11,13H,8,12H2,1-7H3,(H2,20,21,23,24)/t13-/m1/s1. The molecule has 0 aliphatic heterocycles. The molecular weight excluding hydrogens is 334 g/mol. The van der Waals surface area contributed by atoms with Crippen LogP contribution in [0, 0.1) is 0 Å². The number of hydrogen-bond donors (Lipinski definition) is 2. The average Bonchev–Trinajstić information content (AvgIpc) is 2.53. The minimum atomic E-state index is -0.495. The zero-order chi connectivity index (χ0) is 19.9. The first-order valence-electron chi connectivity index (χ1n) is 8.70. The molecule has 3 amide bonds. The first kappa shape index (κ1) is 21.8. The van der Waals surface area contributed by atoms with Crippen LogP contribution in [0.1, 0.15) is 40.2 Å². The summed E-state index contributed by atoms with van der Waals surface area (Å²) in [6, 6.07) is 4.70. The zero-order valence-corrected chi connectivity index (χ0v) is 16.8. The van der Waals surface area contributed by atoms with Crippen LogP contribution in [0.3, 0.4) is 0 Å². The average molecular weight is 365 g/mol. The number of benzene rings is 1. The molecule has 0 aliphatic carbocycles. The monoisotopic (exact) mass is 365 g/mol. The lowest BCUT2D eigenvalue weighted by Crippen LogP contribution is -2.52. The molecule has 7 nitrogen and oxygen atoms in total. The van der Waals surface area contributed by atoms with Gasteiger partial charge in [-0.25, -0.2) is 4.79 Å². The third-order valence-corrected chi connectivity index (χ3v) is 3.73. The summed E-state index contributed by atoms with van der Waals surface area (Å²) in [5, 5.41) is 5.08. The van der Waals surface area contributed by atoms with E-state index >= 15 is 0 Å². The molecule has 1 atom stereocenters. The van der Waals surface area contributed by atoms with Crippen LogP contribution in [0.25, 0.3) is 0 Å². The van der Waals surface area contributed by atoms with Gasteiger partial charge in [0.15, 0.2) is 11.5 Å². The molecule has 0 unspecified atom stereocenters. The van der Waals surface area contributed by atoms with Gasteiger partial charge in [0.2, 0.25) is 5.91 Å². The number of amides is 3. The fourth-order valence-electron chi connectivity index (χ4n) is 2.30. The van der Waals surface area contributed by atoms with Gasteiger partial charge in [0.05, 0.1) is 19.8 Å². The van der Waals surface area contributed by atoms with Gasteiger partial charge >= 0.3 is 6.03 Å². The Morgan fingerprint density at radius 1 is 1.23 bits per heavy atom. The van der Waals surface area contributed by atoms with Crippen LogP contribution in [0.5, 0.6) is 11.5 Å². The Labute approximate surface area is 156 Å². The molecule has 0 spiro atoms. The van der Waals surface area contributed by atoms with E-state index in [1.807, 2.05) is 57.8 Å². The van der Waals surface area contributed by atoms with Crippen molar-refractivity contribution in [1.29, 1.82) is 0 Å². The number of hydrogen-bond acceptors (Lipinski definition) is 5. The summed E-state index contributed by atoms with van der Waals surface area (Å²) in [4.78, 5) is 26.0. The largest absolute Gasteiger partial charge is 0.493 e. The molecule has 1 rings (SSSR count). The zero-order valence-electron chi connectivity index (χ0n) is 16.8. The van der Waals surface area contributed by atoms with Gasteiger partial charge in [0, 0.05) is 12.1 Å². The van der Waals surface area contributed by atoms with E-state index < -0.39 is 17.6 Å². The summed E-state index contributed by atoms with van der Waals surface area (Å²) in [5.41, 5.74) is 0.574. The molecule has 0 saturated carbocycles. The summed E-state index contributed by atoms with van der Waals surface area (Å²) < 4.78 is 10.9. The lowest BCUT2D eigenvalue weighted by atomic mass is 10.1. The van der Waals surface area contributed by atoms with Crippen LogP contribution in [-0.2, 0) is 11.3 Å². The molecular formula is C19H31N3O4. The van der Waals surface area contributed by atoms with Gasteiger partial charge in [-0.05, 0) is 59.4 Å². The first-order chi connectivity index (χ1) is 12.1. The lowest BCUT2D eigenvalue weighted by Gasteiger charge is -2.25. The minimum absolute atomic E-state index is 0.354. The second-order valence-corrected chi connectivity index (χ2v) is 7.20. The Morgan fingerprint density at radius 3 is 2.42 bits per heavy atom. The number of carbonyl (C=O) groups is 2. The molecule has 1 aromatic rings. The third-order valence-electron chi connectivity index (χ3n) is 3.73. The Hall–Kier alpha value is -2.28. The van der Waals surface area contributed by atoms with Crippen LogP contribution in [0.4, 0.5) is 4.79 Å². The number of methoxy groups -OCH3 is 1.